The lowest BCUT2D eigenvalue weighted by Crippen LogP contribution is -2.60. The van der Waals surface area contributed by atoms with Crippen molar-refractivity contribution in [2.45, 2.75) is 44.2 Å². The number of hydrogen-bond donors (Lipinski definition) is 1. The minimum atomic E-state index is -0.0897. The Labute approximate surface area is 165 Å². The standard InChI is InChI=1S/C21H27N3O4/c1-13(25)22-7-4-19(26)24-11-16(15-2-3-17-18(10-15)28-12-27-17)21-20(24)14-5-8-23(21)9-6-14/h2-3,10,14,16,20-21H,4-9,11-12H2,1H3,(H,22,25)/t16-,20+,21+/m1/s1. The number of nitrogens with zero attached hydrogens (tertiary/aromatic N) is 2. The van der Waals surface area contributed by atoms with Crippen molar-refractivity contribution in [1.29, 1.82) is 0 Å². The molecule has 7 heteroatoms. The molecule has 1 aromatic carbocycles. The summed E-state index contributed by atoms with van der Waals surface area (Å²) in [7, 11) is 0. The van der Waals surface area contributed by atoms with Crippen molar-refractivity contribution >= 4 is 11.8 Å². The number of carbonyl (C=O) groups is 2. The Morgan fingerprint density at radius 1 is 1.14 bits per heavy atom. The van der Waals surface area contributed by atoms with E-state index in [1.54, 1.807) is 0 Å². The second-order valence-corrected chi connectivity index (χ2v) is 8.35. The van der Waals surface area contributed by atoms with E-state index < -0.39 is 0 Å². The summed E-state index contributed by atoms with van der Waals surface area (Å²) in [6.45, 7) is 5.16. The predicted octanol–water partition coefficient (Wildman–Crippen LogP) is 1.33. The highest BCUT2D eigenvalue weighted by Gasteiger charge is 2.54. The maximum absolute atomic E-state index is 13.0. The Kier molecular flexibility index (Phi) is 4.42. The van der Waals surface area contributed by atoms with Gasteiger partial charge in [0.05, 0.1) is 6.04 Å². The fourth-order valence-corrected chi connectivity index (χ4v) is 5.63. The molecular weight excluding hydrogens is 358 g/mol. The Morgan fingerprint density at radius 3 is 2.71 bits per heavy atom. The number of carbonyl (C=O) groups excluding carboxylic acids is 2. The molecule has 0 unspecified atom stereocenters. The zero-order valence-electron chi connectivity index (χ0n) is 16.2. The Hall–Kier alpha value is -2.28. The normalized spacial score (nSPS) is 32.3. The summed E-state index contributed by atoms with van der Waals surface area (Å²) in [4.78, 5) is 28.9. The van der Waals surface area contributed by atoms with Gasteiger partial charge in [0.1, 0.15) is 0 Å². The average molecular weight is 385 g/mol. The highest BCUT2D eigenvalue weighted by Crippen LogP contribution is 2.48. The van der Waals surface area contributed by atoms with E-state index in [-0.39, 0.29) is 30.6 Å². The van der Waals surface area contributed by atoms with Gasteiger partial charge < -0.3 is 19.7 Å². The second-order valence-electron chi connectivity index (χ2n) is 8.35. The first kappa shape index (κ1) is 17.8. The van der Waals surface area contributed by atoms with Crippen LogP contribution in [0.1, 0.15) is 37.7 Å². The predicted molar refractivity (Wildman–Crippen MR) is 102 cm³/mol. The first-order chi connectivity index (χ1) is 13.6. The number of hydrogen-bond acceptors (Lipinski definition) is 5. The zero-order chi connectivity index (χ0) is 19.3. The molecule has 1 N–H and O–H groups in total. The van der Waals surface area contributed by atoms with Gasteiger partial charge in [-0.2, -0.15) is 0 Å². The molecular formula is C21H27N3O4. The number of piperidine rings is 3. The number of fused-ring (bicyclic) bond motifs is 3. The van der Waals surface area contributed by atoms with Crippen LogP contribution in [0.4, 0.5) is 0 Å². The molecule has 7 nitrogen and oxygen atoms in total. The van der Waals surface area contributed by atoms with E-state index in [4.69, 9.17) is 9.47 Å². The number of amides is 2. The van der Waals surface area contributed by atoms with Crippen LogP contribution >= 0.6 is 0 Å². The summed E-state index contributed by atoms with van der Waals surface area (Å²) in [5.41, 5.74) is 1.23. The van der Waals surface area contributed by atoms with Gasteiger partial charge in [-0.05, 0) is 49.5 Å². The SMILES string of the molecule is CC(=O)NCCC(=O)N1C[C@H](c2ccc3c(c2)OCO3)[C@H]2[C@@H]1C1CCN2CC1. The molecule has 6 rings (SSSR count). The summed E-state index contributed by atoms with van der Waals surface area (Å²) in [5, 5.41) is 2.75. The Bertz CT molecular complexity index is 790. The van der Waals surface area contributed by atoms with Gasteiger partial charge in [-0.25, -0.2) is 0 Å². The molecule has 2 amide bonds. The van der Waals surface area contributed by atoms with Gasteiger partial charge in [0, 0.05) is 38.4 Å². The van der Waals surface area contributed by atoms with Gasteiger partial charge >= 0.3 is 0 Å². The third-order valence-electron chi connectivity index (χ3n) is 6.85. The average Bonchev–Trinajstić information content (AvgIpc) is 3.33. The van der Waals surface area contributed by atoms with Crippen molar-refractivity contribution in [1.82, 2.24) is 15.1 Å². The minimum Gasteiger partial charge on any atom is -0.454 e. The molecule has 150 valence electrons. The van der Waals surface area contributed by atoms with E-state index >= 15 is 0 Å². The summed E-state index contributed by atoms with van der Waals surface area (Å²) in [5.74, 6) is 2.53. The van der Waals surface area contributed by atoms with Crippen LogP contribution in [0.2, 0.25) is 0 Å². The maximum Gasteiger partial charge on any atom is 0.231 e. The van der Waals surface area contributed by atoms with Crippen LogP contribution in [0, 0.1) is 5.92 Å². The number of nitrogens with one attached hydrogen (secondary N) is 1. The molecule has 3 atom stereocenters. The van der Waals surface area contributed by atoms with Gasteiger partial charge in [0.25, 0.3) is 0 Å². The highest BCUT2D eigenvalue weighted by atomic mass is 16.7. The Morgan fingerprint density at radius 2 is 1.93 bits per heavy atom. The van der Waals surface area contributed by atoms with Crippen molar-refractivity contribution in [2.75, 3.05) is 33.0 Å². The van der Waals surface area contributed by atoms with Gasteiger partial charge in [-0.1, -0.05) is 6.07 Å². The van der Waals surface area contributed by atoms with Crippen LogP contribution in [0.5, 0.6) is 11.5 Å². The highest BCUT2D eigenvalue weighted by molar-refractivity contribution is 5.79. The monoisotopic (exact) mass is 385 g/mol. The van der Waals surface area contributed by atoms with Crippen LogP contribution in [-0.4, -0.2) is 66.7 Å². The van der Waals surface area contributed by atoms with Crippen molar-refractivity contribution in [3.8, 4) is 11.5 Å². The van der Waals surface area contributed by atoms with Crippen LogP contribution in [0.3, 0.4) is 0 Å². The van der Waals surface area contributed by atoms with Crippen LogP contribution < -0.4 is 14.8 Å². The topological polar surface area (TPSA) is 71.1 Å². The maximum atomic E-state index is 13.0. The fraction of sp³-hybridized carbons (Fsp3) is 0.619. The van der Waals surface area contributed by atoms with Crippen LogP contribution in [-0.2, 0) is 9.59 Å². The van der Waals surface area contributed by atoms with E-state index in [0.717, 1.165) is 31.1 Å². The minimum absolute atomic E-state index is 0.0897. The number of benzene rings is 1. The first-order valence-corrected chi connectivity index (χ1v) is 10.3. The lowest BCUT2D eigenvalue weighted by atomic mass is 9.75. The van der Waals surface area contributed by atoms with E-state index in [0.29, 0.717) is 24.9 Å². The lowest BCUT2D eigenvalue weighted by molar-refractivity contribution is -0.135. The lowest BCUT2D eigenvalue weighted by Gasteiger charge is -2.51. The van der Waals surface area contributed by atoms with E-state index in [2.05, 4.69) is 27.2 Å². The third kappa shape index (κ3) is 2.92. The van der Waals surface area contributed by atoms with Crippen molar-refractivity contribution in [2.24, 2.45) is 5.92 Å². The van der Waals surface area contributed by atoms with Gasteiger partial charge in [0.2, 0.25) is 18.6 Å². The summed E-state index contributed by atoms with van der Waals surface area (Å²) in [6.07, 6.45) is 2.71. The Balaban J connectivity index is 1.41. The molecule has 2 bridgehead atoms. The zero-order valence-corrected chi connectivity index (χ0v) is 16.2. The molecule has 0 radical (unpaired) electrons. The van der Waals surface area contributed by atoms with E-state index in [9.17, 15) is 9.59 Å². The van der Waals surface area contributed by atoms with Crippen LogP contribution in [0.15, 0.2) is 18.2 Å². The summed E-state index contributed by atoms with van der Waals surface area (Å²) in [6, 6.07) is 6.87. The number of rotatable bonds is 4. The second kappa shape index (κ2) is 6.95. The molecule has 0 saturated carbocycles. The molecule has 4 fully saturated rings. The molecule has 0 spiro atoms. The van der Waals surface area contributed by atoms with Crippen molar-refractivity contribution < 1.29 is 19.1 Å². The molecule has 5 aliphatic heterocycles. The fourth-order valence-electron chi connectivity index (χ4n) is 5.63. The van der Waals surface area contributed by atoms with Gasteiger partial charge in [-0.15, -0.1) is 0 Å². The smallest absolute Gasteiger partial charge is 0.231 e. The first-order valence-electron chi connectivity index (χ1n) is 10.3. The van der Waals surface area contributed by atoms with Crippen molar-refractivity contribution in [3.05, 3.63) is 23.8 Å². The molecule has 0 aromatic heterocycles. The largest absolute Gasteiger partial charge is 0.454 e. The molecule has 5 aliphatic rings. The third-order valence-corrected chi connectivity index (χ3v) is 6.85. The molecule has 1 aromatic rings. The number of likely N-dealkylation sites (tertiary alicyclic amines) is 1. The van der Waals surface area contributed by atoms with Gasteiger partial charge in [-0.3, -0.25) is 14.5 Å². The van der Waals surface area contributed by atoms with Crippen molar-refractivity contribution in [3.63, 3.8) is 0 Å². The summed E-state index contributed by atoms with van der Waals surface area (Å²) >= 11 is 0. The van der Waals surface area contributed by atoms with Gasteiger partial charge in [0.15, 0.2) is 11.5 Å². The molecule has 5 heterocycles. The quantitative estimate of drug-likeness (QED) is 0.847. The van der Waals surface area contributed by atoms with Crippen LogP contribution in [0.25, 0.3) is 0 Å². The summed E-state index contributed by atoms with van der Waals surface area (Å²) < 4.78 is 11.1. The van der Waals surface area contributed by atoms with E-state index in [1.807, 2.05) is 6.07 Å². The molecule has 4 saturated heterocycles. The van der Waals surface area contributed by atoms with E-state index in [1.165, 1.54) is 25.3 Å². The number of ether oxygens (including phenoxy) is 2. The molecule has 28 heavy (non-hydrogen) atoms. The molecule has 0 aliphatic carbocycles.